The number of amides is 1. The zero-order valence-electron chi connectivity index (χ0n) is 14.5. The summed E-state index contributed by atoms with van der Waals surface area (Å²) in [5, 5.41) is 3.45. The monoisotopic (exact) mass is 355 g/mol. The molecule has 1 N–H and O–H groups in total. The first-order valence-corrected chi connectivity index (χ1v) is 8.60. The molecular weight excluding hydrogens is 338 g/mol. The van der Waals surface area contributed by atoms with Crippen LogP contribution in [0.25, 0.3) is 10.9 Å². The lowest BCUT2D eigenvalue weighted by molar-refractivity contribution is 0.102. The third-order valence-corrected chi connectivity index (χ3v) is 4.33. The van der Waals surface area contributed by atoms with E-state index < -0.39 is 0 Å². The highest BCUT2D eigenvalue weighted by atomic mass is 16.1. The molecule has 0 aliphatic rings. The summed E-state index contributed by atoms with van der Waals surface area (Å²) in [6.07, 6.45) is 1.56. The quantitative estimate of drug-likeness (QED) is 0.607. The van der Waals surface area contributed by atoms with Gasteiger partial charge in [-0.25, -0.2) is 4.98 Å². The average Bonchev–Trinajstić information content (AvgIpc) is 2.71. The van der Waals surface area contributed by atoms with Gasteiger partial charge < -0.3 is 5.32 Å². The normalized spacial score (nSPS) is 10.7. The van der Waals surface area contributed by atoms with Gasteiger partial charge in [0.25, 0.3) is 11.5 Å². The number of hydrogen-bond donors (Lipinski definition) is 1. The summed E-state index contributed by atoms with van der Waals surface area (Å²) in [4.78, 5) is 29.2. The molecule has 0 radical (unpaired) electrons. The molecule has 0 unspecified atom stereocenters. The fourth-order valence-corrected chi connectivity index (χ4v) is 2.90. The van der Waals surface area contributed by atoms with Gasteiger partial charge in [-0.3, -0.25) is 14.2 Å². The molecule has 1 heterocycles. The lowest BCUT2D eigenvalue weighted by Crippen LogP contribution is -2.21. The summed E-state index contributed by atoms with van der Waals surface area (Å²) in [5.41, 5.74) is 2.84. The second-order valence-electron chi connectivity index (χ2n) is 6.21. The van der Waals surface area contributed by atoms with Crippen LogP contribution in [0.3, 0.4) is 0 Å². The zero-order chi connectivity index (χ0) is 18.6. The predicted molar refractivity (Wildman–Crippen MR) is 106 cm³/mol. The second kappa shape index (κ2) is 7.25. The van der Waals surface area contributed by atoms with Crippen molar-refractivity contribution in [3.05, 3.63) is 107 Å². The van der Waals surface area contributed by atoms with Gasteiger partial charge in [-0.1, -0.05) is 42.5 Å². The van der Waals surface area contributed by atoms with E-state index >= 15 is 0 Å². The maximum absolute atomic E-state index is 12.6. The summed E-state index contributed by atoms with van der Waals surface area (Å²) in [6.45, 7) is 0.400. The lowest BCUT2D eigenvalue weighted by atomic mass is 10.1. The number of nitrogens with one attached hydrogen (secondary N) is 1. The van der Waals surface area contributed by atoms with Crippen molar-refractivity contribution in [3.8, 4) is 0 Å². The Morgan fingerprint density at radius 2 is 1.59 bits per heavy atom. The minimum Gasteiger partial charge on any atom is -0.322 e. The number of fused-ring (bicyclic) bond motifs is 1. The molecule has 0 fully saturated rings. The molecule has 4 rings (SSSR count). The molecule has 132 valence electrons. The van der Waals surface area contributed by atoms with Gasteiger partial charge in [-0.05, 0) is 42.0 Å². The first-order valence-electron chi connectivity index (χ1n) is 8.60. The van der Waals surface area contributed by atoms with Crippen LogP contribution < -0.4 is 10.9 Å². The van der Waals surface area contributed by atoms with Crippen LogP contribution in [0.4, 0.5) is 5.69 Å². The van der Waals surface area contributed by atoms with Gasteiger partial charge in [-0.15, -0.1) is 0 Å². The summed E-state index contributed by atoms with van der Waals surface area (Å²) < 4.78 is 1.57. The Morgan fingerprint density at radius 3 is 2.37 bits per heavy atom. The van der Waals surface area contributed by atoms with Crippen LogP contribution in [-0.4, -0.2) is 15.5 Å². The molecule has 5 heteroatoms. The van der Waals surface area contributed by atoms with Gasteiger partial charge in [0.2, 0.25) is 0 Å². The van der Waals surface area contributed by atoms with Gasteiger partial charge in [0.1, 0.15) is 0 Å². The smallest absolute Gasteiger partial charge is 0.261 e. The van der Waals surface area contributed by atoms with Crippen LogP contribution in [0.1, 0.15) is 15.9 Å². The maximum atomic E-state index is 12.6. The molecule has 0 saturated carbocycles. The first-order chi connectivity index (χ1) is 13.2. The minimum atomic E-state index is -0.169. The summed E-state index contributed by atoms with van der Waals surface area (Å²) in [5.74, 6) is -0.169. The van der Waals surface area contributed by atoms with Crippen molar-refractivity contribution in [2.75, 3.05) is 5.32 Å². The van der Waals surface area contributed by atoms with Crippen LogP contribution in [-0.2, 0) is 6.54 Å². The predicted octanol–water partition coefficient (Wildman–Crippen LogP) is 3.70. The molecule has 3 aromatic carbocycles. The van der Waals surface area contributed by atoms with Crippen molar-refractivity contribution < 1.29 is 4.79 Å². The van der Waals surface area contributed by atoms with E-state index in [0.29, 0.717) is 23.0 Å². The standard InChI is InChI=1S/C22H17N3O2/c26-21(24-18-6-2-1-3-7-18)17-12-10-16(11-13-17)14-25-15-23-20-9-5-4-8-19(20)22(25)27/h1-13,15H,14H2,(H,24,26). The van der Waals surface area contributed by atoms with E-state index in [4.69, 9.17) is 0 Å². The number of anilines is 1. The molecule has 5 nitrogen and oxygen atoms in total. The minimum absolute atomic E-state index is 0.0773. The Morgan fingerprint density at radius 1 is 0.889 bits per heavy atom. The highest BCUT2D eigenvalue weighted by molar-refractivity contribution is 6.04. The molecule has 0 aliphatic heterocycles. The highest BCUT2D eigenvalue weighted by Crippen LogP contribution is 2.11. The van der Waals surface area contributed by atoms with E-state index in [9.17, 15) is 9.59 Å². The van der Waals surface area contributed by atoms with E-state index in [1.165, 1.54) is 0 Å². The molecule has 4 aromatic rings. The van der Waals surface area contributed by atoms with Crippen molar-refractivity contribution in [2.24, 2.45) is 0 Å². The molecule has 0 spiro atoms. The third kappa shape index (κ3) is 3.62. The number of benzene rings is 3. The fraction of sp³-hybridized carbons (Fsp3) is 0.0455. The summed E-state index contributed by atoms with van der Waals surface area (Å²) in [6, 6.07) is 23.8. The Hall–Kier alpha value is -3.73. The van der Waals surface area contributed by atoms with Crippen LogP contribution in [0.2, 0.25) is 0 Å². The van der Waals surface area contributed by atoms with Gasteiger partial charge in [0.05, 0.1) is 23.8 Å². The van der Waals surface area contributed by atoms with Crippen molar-refractivity contribution in [3.63, 3.8) is 0 Å². The molecule has 0 atom stereocenters. The third-order valence-electron chi connectivity index (χ3n) is 4.33. The lowest BCUT2D eigenvalue weighted by Gasteiger charge is -2.08. The van der Waals surface area contributed by atoms with Crippen molar-refractivity contribution in [1.29, 1.82) is 0 Å². The Bertz CT molecular complexity index is 1150. The van der Waals surface area contributed by atoms with E-state index in [1.807, 2.05) is 60.7 Å². The van der Waals surface area contributed by atoms with E-state index in [1.54, 1.807) is 29.1 Å². The van der Waals surface area contributed by atoms with Crippen LogP contribution in [0.15, 0.2) is 90.0 Å². The van der Waals surface area contributed by atoms with Crippen LogP contribution in [0.5, 0.6) is 0 Å². The number of carbonyl (C=O) groups excluding carboxylic acids is 1. The second-order valence-corrected chi connectivity index (χ2v) is 6.21. The first kappa shape index (κ1) is 16.7. The number of carbonyl (C=O) groups is 1. The highest BCUT2D eigenvalue weighted by Gasteiger charge is 2.07. The number of para-hydroxylation sites is 2. The van der Waals surface area contributed by atoms with Crippen LogP contribution in [0, 0.1) is 0 Å². The number of hydrogen-bond acceptors (Lipinski definition) is 3. The number of aromatic nitrogens is 2. The van der Waals surface area contributed by atoms with Gasteiger partial charge in [-0.2, -0.15) is 0 Å². The molecule has 0 aliphatic carbocycles. The van der Waals surface area contributed by atoms with Gasteiger partial charge in [0.15, 0.2) is 0 Å². The Labute approximate surface area is 155 Å². The van der Waals surface area contributed by atoms with E-state index in [-0.39, 0.29) is 11.5 Å². The van der Waals surface area contributed by atoms with E-state index in [0.717, 1.165) is 11.3 Å². The average molecular weight is 355 g/mol. The van der Waals surface area contributed by atoms with Crippen molar-refractivity contribution in [2.45, 2.75) is 6.54 Å². The summed E-state index contributed by atoms with van der Waals surface area (Å²) in [7, 11) is 0. The van der Waals surface area contributed by atoms with Gasteiger partial charge >= 0.3 is 0 Å². The Balaban J connectivity index is 1.52. The molecular formula is C22H17N3O2. The van der Waals surface area contributed by atoms with Crippen molar-refractivity contribution >= 4 is 22.5 Å². The molecule has 0 bridgehead atoms. The molecule has 0 saturated heterocycles. The fourth-order valence-electron chi connectivity index (χ4n) is 2.90. The van der Waals surface area contributed by atoms with Crippen LogP contribution >= 0.6 is 0 Å². The molecule has 1 aromatic heterocycles. The van der Waals surface area contributed by atoms with Gasteiger partial charge in [0, 0.05) is 11.3 Å². The van der Waals surface area contributed by atoms with E-state index in [2.05, 4.69) is 10.3 Å². The SMILES string of the molecule is O=C(Nc1ccccc1)c1ccc(Cn2cnc3ccccc3c2=O)cc1. The topological polar surface area (TPSA) is 64.0 Å². The zero-order valence-corrected chi connectivity index (χ0v) is 14.5. The maximum Gasteiger partial charge on any atom is 0.261 e. The number of rotatable bonds is 4. The Kier molecular flexibility index (Phi) is 4.49. The molecule has 1 amide bonds. The summed E-state index contributed by atoms with van der Waals surface area (Å²) >= 11 is 0. The molecule has 27 heavy (non-hydrogen) atoms. The largest absolute Gasteiger partial charge is 0.322 e. The number of nitrogens with zero attached hydrogens (tertiary/aromatic N) is 2. The van der Waals surface area contributed by atoms with Crippen molar-refractivity contribution in [1.82, 2.24) is 9.55 Å².